The number of hydrogen-bond acceptors (Lipinski definition) is 1. The van der Waals surface area contributed by atoms with Gasteiger partial charge in [-0.05, 0) is 19.6 Å². The standard InChI is InChI=1S/C6H14N.2C2H5.Al/c1-4-7(5-2)6-3;2*1-2;/h1,4-6H2,2-3H3;2*1H2,2H3;. The molecule has 12 heavy (non-hydrogen) atoms. The van der Waals surface area contributed by atoms with Gasteiger partial charge in [-0.15, -0.1) is 0 Å². The molecule has 0 amide bonds. The zero-order valence-corrected chi connectivity index (χ0v) is 10.4. The van der Waals surface area contributed by atoms with Gasteiger partial charge in [-0.25, -0.2) is 0 Å². The molecular weight excluding hydrogens is 161 g/mol. The molecule has 0 radical (unpaired) electrons. The Balaban J connectivity index is 3.49. The molecule has 0 rings (SSSR count). The Hall–Kier alpha value is 0.492. The zero-order chi connectivity index (χ0) is 9.40. The van der Waals surface area contributed by atoms with Crippen LogP contribution in [0.1, 0.15) is 27.7 Å². The largest absolute Gasteiger partial charge is 0.305 e. The van der Waals surface area contributed by atoms with Crippen molar-refractivity contribution in [1.82, 2.24) is 4.90 Å². The van der Waals surface area contributed by atoms with Crippen molar-refractivity contribution < 1.29 is 0 Å². The highest BCUT2D eigenvalue weighted by Gasteiger charge is 2.12. The van der Waals surface area contributed by atoms with Gasteiger partial charge in [0.25, 0.3) is 14.1 Å². The van der Waals surface area contributed by atoms with E-state index in [0.717, 1.165) is 0 Å². The molecule has 0 aromatic carbocycles. The molecule has 0 spiro atoms. The van der Waals surface area contributed by atoms with Gasteiger partial charge in [0.15, 0.2) is 0 Å². The van der Waals surface area contributed by atoms with Crippen LogP contribution < -0.4 is 0 Å². The van der Waals surface area contributed by atoms with E-state index in [-0.39, 0.29) is 14.1 Å². The van der Waals surface area contributed by atoms with Crippen molar-refractivity contribution in [3.63, 3.8) is 0 Å². The third-order valence-corrected chi connectivity index (χ3v) is 6.29. The number of hydrogen-bond donors (Lipinski definition) is 0. The summed E-state index contributed by atoms with van der Waals surface area (Å²) in [6.07, 6.45) is 0. The van der Waals surface area contributed by atoms with Crippen LogP contribution in [0.4, 0.5) is 0 Å². The molecule has 0 fully saturated rings. The van der Waals surface area contributed by atoms with Crippen LogP contribution in [-0.2, 0) is 0 Å². The van der Waals surface area contributed by atoms with E-state index >= 15 is 0 Å². The van der Waals surface area contributed by atoms with E-state index in [9.17, 15) is 0 Å². The van der Waals surface area contributed by atoms with E-state index in [1.165, 1.54) is 35.5 Å². The second-order valence-electron chi connectivity index (χ2n) is 3.50. The van der Waals surface area contributed by atoms with Crippen molar-refractivity contribution in [1.29, 1.82) is 0 Å². The first kappa shape index (κ1) is 12.5. The van der Waals surface area contributed by atoms with Crippen molar-refractivity contribution >= 4 is 14.1 Å². The van der Waals surface area contributed by atoms with Crippen molar-refractivity contribution in [3.8, 4) is 0 Å². The van der Waals surface area contributed by atoms with Crippen molar-refractivity contribution in [2.45, 2.75) is 43.5 Å². The highest BCUT2D eigenvalue weighted by molar-refractivity contribution is 6.58. The molecule has 0 saturated carbocycles. The Kier molecular flexibility index (Phi) is 8.44. The molecule has 1 nitrogen and oxygen atoms in total. The minimum absolute atomic E-state index is 0.318. The van der Waals surface area contributed by atoms with Crippen molar-refractivity contribution in [3.05, 3.63) is 0 Å². The Morgan fingerprint density at radius 3 is 1.75 bits per heavy atom. The molecule has 0 aliphatic heterocycles. The zero-order valence-electron chi connectivity index (χ0n) is 9.27. The minimum atomic E-state index is -0.318. The Morgan fingerprint density at radius 2 is 1.42 bits per heavy atom. The summed E-state index contributed by atoms with van der Waals surface area (Å²) in [6, 6.07) is 0. The lowest BCUT2D eigenvalue weighted by Crippen LogP contribution is -2.27. The van der Waals surface area contributed by atoms with Crippen LogP contribution in [0.5, 0.6) is 0 Å². The van der Waals surface area contributed by atoms with Gasteiger partial charge in [-0.1, -0.05) is 43.5 Å². The molecule has 0 N–H and O–H groups in total. The molecule has 0 aromatic heterocycles. The smallest absolute Gasteiger partial charge is 0.262 e. The van der Waals surface area contributed by atoms with E-state index < -0.39 is 0 Å². The second kappa shape index (κ2) is 8.11. The number of nitrogens with zero attached hydrogens (tertiary/aromatic N) is 1. The highest BCUT2D eigenvalue weighted by Crippen LogP contribution is 2.05. The highest BCUT2D eigenvalue weighted by atomic mass is 27.2. The molecule has 0 atom stereocenters. The summed E-state index contributed by atoms with van der Waals surface area (Å²) in [5.41, 5.74) is 0. The third kappa shape index (κ3) is 5.19. The maximum atomic E-state index is 2.55. The minimum Gasteiger partial charge on any atom is -0.305 e. The molecule has 72 valence electrons. The Bertz CT molecular complexity index is 75.8. The lowest BCUT2D eigenvalue weighted by atomic mass is 10.5. The summed E-state index contributed by atoms with van der Waals surface area (Å²) < 4.78 is 0. The van der Waals surface area contributed by atoms with E-state index in [2.05, 4.69) is 32.6 Å². The Morgan fingerprint density at radius 1 is 0.917 bits per heavy atom. The lowest BCUT2D eigenvalue weighted by Gasteiger charge is -2.19. The van der Waals surface area contributed by atoms with Crippen molar-refractivity contribution in [2.75, 3.05) is 19.6 Å². The van der Waals surface area contributed by atoms with Crippen LogP contribution in [0.3, 0.4) is 0 Å². The van der Waals surface area contributed by atoms with Gasteiger partial charge in [0.05, 0.1) is 0 Å². The maximum absolute atomic E-state index is 2.55. The monoisotopic (exact) mass is 185 g/mol. The molecule has 0 aromatic rings. The third-order valence-electron chi connectivity index (χ3n) is 2.90. The molecule has 0 unspecified atom stereocenters. The topological polar surface area (TPSA) is 3.24 Å². The first-order chi connectivity index (χ1) is 5.78. The summed E-state index contributed by atoms with van der Waals surface area (Å²) >= 11 is -0.318. The van der Waals surface area contributed by atoms with Crippen LogP contribution in [0.15, 0.2) is 0 Å². The van der Waals surface area contributed by atoms with Crippen LogP contribution in [0, 0.1) is 0 Å². The molecule has 0 aliphatic rings. The average molecular weight is 185 g/mol. The number of rotatable bonds is 7. The van der Waals surface area contributed by atoms with Crippen LogP contribution >= 0.6 is 0 Å². The first-order valence-corrected chi connectivity index (χ1v) is 7.95. The van der Waals surface area contributed by atoms with Gasteiger partial charge in [0, 0.05) is 0 Å². The molecule has 2 heteroatoms. The van der Waals surface area contributed by atoms with Crippen LogP contribution in [0.2, 0.25) is 15.8 Å². The molecule has 0 heterocycles. The normalized spacial score (nSPS) is 10.8. The predicted molar refractivity (Wildman–Crippen MR) is 59.3 cm³/mol. The van der Waals surface area contributed by atoms with Gasteiger partial charge in [0.1, 0.15) is 0 Å². The first-order valence-electron chi connectivity index (χ1n) is 5.50. The predicted octanol–water partition coefficient (Wildman–Crippen LogP) is 2.86. The summed E-state index contributed by atoms with van der Waals surface area (Å²) in [5, 5.41) is 4.49. The van der Waals surface area contributed by atoms with Gasteiger partial charge < -0.3 is 4.90 Å². The summed E-state index contributed by atoms with van der Waals surface area (Å²) in [6.45, 7) is 13.1. The summed E-state index contributed by atoms with van der Waals surface area (Å²) in [7, 11) is 0. The van der Waals surface area contributed by atoms with Gasteiger partial charge in [0.2, 0.25) is 0 Å². The molecule has 0 saturated heterocycles. The second-order valence-corrected chi connectivity index (χ2v) is 7.44. The van der Waals surface area contributed by atoms with Crippen molar-refractivity contribution in [2.24, 2.45) is 0 Å². The fraction of sp³-hybridized carbons (Fsp3) is 1.00. The van der Waals surface area contributed by atoms with E-state index in [1.54, 1.807) is 0 Å². The average Bonchev–Trinajstić information content (AvgIpc) is 2.13. The van der Waals surface area contributed by atoms with Gasteiger partial charge in [-0.3, -0.25) is 0 Å². The maximum Gasteiger partial charge on any atom is 0.262 e. The molecular formula is C10H24AlN. The van der Waals surface area contributed by atoms with Gasteiger partial charge >= 0.3 is 0 Å². The Labute approximate surface area is 82.5 Å². The fourth-order valence-electron chi connectivity index (χ4n) is 1.60. The quantitative estimate of drug-likeness (QED) is 0.551. The fourth-order valence-corrected chi connectivity index (χ4v) is 3.73. The SMILES string of the molecule is CCN(CC)C[CH2][Al]([CH2]C)[CH2]C. The molecule has 0 aliphatic carbocycles. The molecule has 0 bridgehead atoms. The summed E-state index contributed by atoms with van der Waals surface area (Å²) in [5.74, 6) is 0. The van der Waals surface area contributed by atoms with E-state index in [1.807, 2.05) is 0 Å². The van der Waals surface area contributed by atoms with Gasteiger partial charge in [-0.2, -0.15) is 0 Å². The van der Waals surface area contributed by atoms with E-state index in [4.69, 9.17) is 0 Å². The summed E-state index contributed by atoms with van der Waals surface area (Å²) in [4.78, 5) is 2.55. The lowest BCUT2D eigenvalue weighted by molar-refractivity contribution is 0.320. The van der Waals surface area contributed by atoms with E-state index in [0.29, 0.717) is 0 Å². The van der Waals surface area contributed by atoms with Crippen LogP contribution in [0.25, 0.3) is 0 Å². The van der Waals surface area contributed by atoms with Crippen LogP contribution in [-0.4, -0.2) is 38.7 Å².